The van der Waals surface area contributed by atoms with Crippen LogP contribution in [0.25, 0.3) is 0 Å². The van der Waals surface area contributed by atoms with Crippen molar-refractivity contribution < 1.29 is 9.47 Å². The van der Waals surface area contributed by atoms with Gasteiger partial charge in [0.15, 0.2) is 11.5 Å². The average molecular weight is 233 g/mol. The van der Waals surface area contributed by atoms with Gasteiger partial charge in [0.2, 0.25) is 0 Å². The Bertz CT molecular complexity index is 388. The molecule has 0 bridgehead atoms. The summed E-state index contributed by atoms with van der Waals surface area (Å²) in [4.78, 5) is 0. The summed E-state index contributed by atoms with van der Waals surface area (Å²) in [6.45, 7) is 2.44. The number of nitrogens with one attached hydrogen (secondary N) is 1. The summed E-state index contributed by atoms with van der Waals surface area (Å²) in [5.74, 6) is 1.78. The van der Waals surface area contributed by atoms with Crippen molar-refractivity contribution in [2.24, 2.45) is 0 Å². The second kappa shape index (κ2) is 4.96. The molecule has 1 aromatic rings. The molecule has 3 rings (SSSR count). The van der Waals surface area contributed by atoms with Gasteiger partial charge in [0, 0.05) is 19.0 Å². The molecule has 1 heterocycles. The van der Waals surface area contributed by atoms with Gasteiger partial charge in [-0.1, -0.05) is 12.5 Å². The van der Waals surface area contributed by atoms with Crippen LogP contribution in [0.3, 0.4) is 0 Å². The normalized spacial score (nSPS) is 19.5. The van der Waals surface area contributed by atoms with Crippen LogP contribution in [-0.4, -0.2) is 19.3 Å². The van der Waals surface area contributed by atoms with Gasteiger partial charge in [-0.15, -0.1) is 0 Å². The molecule has 1 aromatic carbocycles. The summed E-state index contributed by atoms with van der Waals surface area (Å²) in [5.41, 5.74) is 1.28. The highest BCUT2D eigenvalue weighted by molar-refractivity contribution is 5.43. The van der Waals surface area contributed by atoms with Crippen LogP contribution in [0, 0.1) is 0 Å². The summed E-state index contributed by atoms with van der Waals surface area (Å²) in [5, 5.41) is 3.56. The number of fused-ring (bicyclic) bond motifs is 1. The number of hydrogen-bond acceptors (Lipinski definition) is 3. The molecule has 2 aliphatic rings. The quantitative estimate of drug-likeness (QED) is 0.870. The second-order valence-electron chi connectivity index (χ2n) is 4.84. The molecule has 0 aromatic heterocycles. The molecule has 1 saturated carbocycles. The minimum absolute atomic E-state index is 0.728. The van der Waals surface area contributed by atoms with Gasteiger partial charge in [-0.3, -0.25) is 0 Å². The molecular weight excluding hydrogens is 214 g/mol. The molecular formula is C14H19NO2. The van der Waals surface area contributed by atoms with Crippen LogP contribution in [0.15, 0.2) is 18.2 Å². The van der Waals surface area contributed by atoms with Gasteiger partial charge in [-0.25, -0.2) is 0 Å². The maximum absolute atomic E-state index is 5.68. The van der Waals surface area contributed by atoms with E-state index in [9.17, 15) is 0 Å². The smallest absolute Gasteiger partial charge is 0.161 e. The molecule has 1 aliphatic carbocycles. The lowest BCUT2D eigenvalue weighted by Crippen LogP contribution is -2.34. The maximum atomic E-state index is 5.68. The van der Waals surface area contributed by atoms with Crippen LogP contribution in [0.2, 0.25) is 0 Å². The van der Waals surface area contributed by atoms with Crippen LogP contribution >= 0.6 is 0 Å². The molecule has 3 heteroatoms. The van der Waals surface area contributed by atoms with Gasteiger partial charge >= 0.3 is 0 Å². The zero-order valence-corrected chi connectivity index (χ0v) is 10.1. The van der Waals surface area contributed by atoms with E-state index in [4.69, 9.17) is 9.47 Å². The Morgan fingerprint density at radius 1 is 1.06 bits per heavy atom. The molecule has 1 aliphatic heterocycles. The van der Waals surface area contributed by atoms with Crippen LogP contribution in [0.5, 0.6) is 11.5 Å². The maximum Gasteiger partial charge on any atom is 0.161 e. The van der Waals surface area contributed by atoms with Crippen molar-refractivity contribution in [1.29, 1.82) is 0 Å². The third-order valence-electron chi connectivity index (χ3n) is 3.51. The first-order chi connectivity index (χ1) is 8.42. The van der Waals surface area contributed by atoms with Gasteiger partial charge in [0.1, 0.15) is 0 Å². The molecule has 3 nitrogen and oxygen atoms in total. The third kappa shape index (κ3) is 2.55. The fourth-order valence-electron chi connectivity index (χ4n) is 2.19. The Labute approximate surface area is 102 Å². The van der Waals surface area contributed by atoms with Crippen molar-refractivity contribution in [2.45, 2.75) is 38.3 Å². The first kappa shape index (κ1) is 10.9. The molecule has 0 amide bonds. The van der Waals surface area contributed by atoms with E-state index in [1.165, 1.54) is 24.8 Å². The van der Waals surface area contributed by atoms with Gasteiger partial charge in [0.25, 0.3) is 0 Å². The van der Waals surface area contributed by atoms with E-state index < -0.39 is 0 Å². The minimum atomic E-state index is 0.728. The molecule has 1 fully saturated rings. The fraction of sp³-hybridized carbons (Fsp3) is 0.571. The van der Waals surface area contributed by atoms with Crippen molar-refractivity contribution in [2.75, 3.05) is 13.2 Å². The van der Waals surface area contributed by atoms with Crippen molar-refractivity contribution in [3.05, 3.63) is 23.8 Å². The zero-order chi connectivity index (χ0) is 11.5. The van der Waals surface area contributed by atoms with Crippen LogP contribution in [0.1, 0.15) is 31.2 Å². The van der Waals surface area contributed by atoms with Gasteiger partial charge in [0.05, 0.1) is 13.2 Å². The van der Waals surface area contributed by atoms with Crippen molar-refractivity contribution >= 4 is 0 Å². The second-order valence-corrected chi connectivity index (χ2v) is 4.84. The molecule has 17 heavy (non-hydrogen) atoms. The summed E-state index contributed by atoms with van der Waals surface area (Å²) >= 11 is 0. The van der Waals surface area contributed by atoms with E-state index in [2.05, 4.69) is 17.4 Å². The van der Waals surface area contributed by atoms with Gasteiger partial charge < -0.3 is 14.8 Å². The summed E-state index contributed by atoms with van der Waals surface area (Å²) in [7, 11) is 0. The highest BCUT2D eigenvalue weighted by Crippen LogP contribution is 2.30. The third-order valence-corrected chi connectivity index (χ3v) is 3.51. The molecule has 0 unspecified atom stereocenters. The molecule has 92 valence electrons. The summed E-state index contributed by atoms with van der Waals surface area (Å²) in [6.07, 6.45) is 4.98. The first-order valence-electron chi connectivity index (χ1n) is 6.54. The molecule has 0 atom stereocenters. The predicted octanol–water partition coefficient (Wildman–Crippen LogP) is 2.49. The molecule has 1 N–H and O–H groups in total. The molecule has 0 saturated heterocycles. The highest BCUT2D eigenvalue weighted by Gasteiger charge is 2.16. The van der Waals surface area contributed by atoms with E-state index in [1.54, 1.807) is 0 Å². The number of rotatable bonds is 3. The van der Waals surface area contributed by atoms with E-state index >= 15 is 0 Å². The Kier molecular flexibility index (Phi) is 3.18. The van der Waals surface area contributed by atoms with Crippen molar-refractivity contribution in [3.8, 4) is 11.5 Å². The average Bonchev–Trinajstić information content (AvgIpc) is 2.51. The standard InChI is InChI=1S/C14H19NO2/c1-3-12(4-1)15-10-11-5-6-13-14(9-11)17-8-2-7-16-13/h5-6,9,12,15H,1-4,7-8,10H2. The lowest BCUT2D eigenvalue weighted by molar-refractivity contribution is 0.297. The largest absolute Gasteiger partial charge is 0.490 e. The number of hydrogen-bond donors (Lipinski definition) is 1. The number of ether oxygens (including phenoxy) is 2. The molecule has 0 radical (unpaired) electrons. The van der Waals surface area contributed by atoms with Gasteiger partial charge in [-0.2, -0.15) is 0 Å². The van der Waals surface area contributed by atoms with E-state index in [0.29, 0.717) is 0 Å². The van der Waals surface area contributed by atoms with E-state index in [1.807, 2.05) is 6.07 Å². The number of benzene rings is 1. The zero-order valence-electron chi connectivity index (χ0n) is 10.1. The Morgan fingerprint density at radius 2 is 1.88 bits per heavy atom. The lowest BCUT2D eigenvalue weighted by Gasteiger charge is -2.26. The van der Waals surface area contributed by atoms with Crippen LogP contribution in [0.4, 0.5) is 0 Å². The lowest BCUT2D eigenvalue weighted by atomic mass is 9.93. The van der Waals surface area contributed by atoms with Crippen LogP contribution < -0.4 is 14.8 Å². The fourth-order valence-corrected chi connectivity index (χ4v) is 2.19. The monoisotopic (exact) mass is 233 g/mol. The Balaban J connectivity index is 1.66. The van der Waals surface area contributed by atoms with Crippen molar-refractivity contribution in [3.63, 3.8) is 0 Å². The first-order valence-corrected chi connectivity index (χ1v) is 6.54. The summed E-state index contributed by atoms with van der Waals surface area (Å²) < 4.78 is 11.3. The Hall–Kier alpha value is -1.22. The summed E-state index contributed by atoms with van der Waals surface area (Å²) in [6, 6.07) is 6.98. The minimum Gasteiger partial charge on any atom is -0.490 e. The molecule has 0 spiro atoms. The SMILES string of the molecule is c1cc2c(cc1CNC1CCC1)OCCCO2. The van der Waals surface area contributed by atoms with Crippen LogP contribution in [-0.2, 0) is 6.54 Å². The Morgan fingerprint density at radius 3 is 2.65 bits per heavy atom. The van der Waals surface area contributed by atoms with E-state index in [0.717, 1.165) is 43.7 Å². The van der Waals surface area contributed by atoms with E-state index in [-0.39, 0.29) is 0 Å². The predicted molar refractivity (Wildman–Crippen MR) is 66.5 cm³/mol. The van der Waals surface area contributed by atoms with Crippen molar-refractivity contribution in [1.82, 2.24) is 5.32 Å². The highest BCUT2D eigenvalue weighted by atomic mass is 16.5. The topological polar surface area (TPSA) is 30.5 Å². The van der Waals surface area contributed by atoms with Gasteiger partial charge in [-0.05, 0) is 30.5 Å².